The van der Waals surface area contributed by atoms with Gasteiger partial charge in [-0.25, -0.2) is 0 Å². The summed E-state index contributed by atoms with van der Waals surface area (Å²) >= 11 is 0. The Hall–Kier alpha value is -0.380. The molecule has 1 heterocycles. The first-order valence-corrected chi connectivity index (χ1v) is 5.78. The smallest absolute Gasteiger partial charge is 0.157 e. The van der Waals surface area contributed by atoms with Crippen molar-refractivity contribution in [2.24, 2.45) is 0 Å². The molecule has 2 atom stereocenters. The molecule has 0 amide bonds. The summed E-state index contributed by atoms with van der Waals surface area (Å²) in [5.74, 6) is 0. The zero-order valence-electron chi connectivity index (χ0n) is 9.61. The van der Waals surface area contributed by atoms with E-state index in [9.17, 15) is 0 Å². The molecular formula is C12H22O3. The molecule has 1 rings (SSSR count). The molecule has 0 aromatic carbocycles. The maximum atomic E-state index is 5.74. The second-order valence-corrected chi connectivity index (χ2v) is 3.90. The van der Waals surface area contributed by atoms with Crippen LogP contribution in [0.5, 0.6) is 0 Å². The molecular weight excluding hydrogens is 192 g/mol. The quantitative estimate of drug-likeness (QED) is 0.481. The lowest BCUT2D eigenvalue weighted by Gasteiger charge is -2.25. The zero-order valence-corrected chi connectivity index (χ0v) is 9.61. The van der Waals surface area contributed by atoms with Gasteiger partial charge in [0.1, 0.15) is 0 Å². The van der Waals surface area contributed by atoms with Crippen molar-refractivity contribution in [3.63, 3.8) is 0 Å². The number of ether oxygens (including phenoxy) is 3. The highest BCUT2D eigenvalue weighted by Crippen LogP contribution is 2.16. The van der Waals surface area contributed by atoms with Gasteiger partial charge in [-0.3, -0.25) is 0 Å². The first-order valence-electron chi connectivity index (χ1n) is 5.78. The molecule has 1 aliphatic rings. The summed E-state index contributed by atoms with van der Waals surface area (Å²) in [6, 6.07) is 0. The van der Waals surface area contributed by atoms with Crippen LogP contribution < -0.4 is 0 Å². The van der Waals surface area contributed by atoms with Crippen molar-refractivity contribution in [3.05, 3.63) is 12.7 Å². The van der Waals surface area contributed by atoms with Gasteiger partial charge in [-0.2, -0.15) is 0 Å². The lowest BCUT2D eigenvalue weighted by molar-refractivity contribution is -0.187. The molecule has 3 heteroatoms. The third-order valence-corrected chi connectivity index (χ3v) is 2.43. The molecule has 88 valence electrons. The second kappa shape index (κ2) is 7.85. The van der Waals surface area contributed by atoms with Gasteiger partial charge in [0, 0.05) is 13.2 Å². The topological polar surface area (TPSA) is 27.7 Å². The number of hydrogen-bond donors (Lipinski definition) is 0. The molecule has 1 saturated heterocycles. The van der Waals surface area contributed by atoms with Crippen LogP contribution >= 0.6 is 0 Å². The maximum absolute atomic E-state index is 5.74. The average Bonchev–Trinajstić information content (AvgIpc) is 2.26. The summed E-state index contributed by atoms with van der Waals surface area (Å²) in [5.41, 5.74) is 0. The summed E-state index contributed by atoms with van der Waals surface area (Å²) < 4.78 is 16.5. The largest absolute Gasteiger partial charge is 0.377 e. The molecule has 15 heavy (non-hydrogen) atoms. The van der Waals surface area contributed by atoms with Crippen LogP contribution in [0.15, 0.2) is 12.7 Å². The molecule has 0 N–H and O–H groups in total. The van der Waals surface area contributed by atoms with E-state index in [2.05, 4.69) is 13.5 Å². The molecule has 0 radical (unpaired) electrons. The van der Waals surface area contributed by atoms with E-state index in [1.54, 1.807) is 6.08 Å². The Balaban J connectivity index is 2.01. The lowest BCUT2D eigenvalue weighted by atomic mass is 10.2. The van der Waals surface area contributed by atoms with E-state index in [0.717, 1.165) is 32.5 Å². The van der Waals surface area contributed by atoms with Crippen molar-refractivity contribution in [2.75, 3.05) is 19.8 Å². The Morgan fingerprint density at radius 3 is 3.07 bits per heavy atom. The van der Waals surface area contributed by atoms with Crippen LogP contribution in [0.3, 0.4) is 0 Å². The molecule has 0 aliphatic carbocycles. The third kappa shape index (κ3) is 5.92. The van der Waals surface area contributed by atoms with Crippen molar-refractivity contribution in [1.29, 1.82) is 0 Å². The van der Waals surface area contributed by atoms with Crippen LogP contribution in [0.4, 0.5) is 0 Å². The summed E-state index contributed by atoms with van der Waals surface area (Å²) in [7, 11) is 0. The van der Waals surface area contributed by atoms with Gasteiger partial charge in [0.25, 0.3) is 0 Å². The van der Waals surface area contributed by atoms with Crippen molar-refractivity contribution >= 4 is 0 Å². The molecule has 1 fully saturated rings. The van der Waals surface area contributed by atoms with E-state index in [1.807, 2.05) is 0 Å². The van der Waals surface area contributed by atoms with Crippen LogP contribution in [0.1, 0.15) is 32.6 Å². The summed E-state index contributed by atoms with van der Waals surface area (Å²) in [6.45, 7) is 7.84. The summed E-state index contributed by atoms with van der Waals surface area (Å²) in [5, 5.41) is 0. The fraction of sp³-hybridized carbons (Fsp3) is 0.833. The van der Waals surface area contributed by atoms with Gasteiger partial charge in [0.15, 0.2) is 6.29 Å². The van der Waals surface area contributed by atoms with E-state index < -0.39 is 0 Å². The Labute approximate surface area is 92.4 Å². The van der Waals surface area contributed by atoms with Crippen LogP contribution in [-0.2, 0) is 14.2 Å². The van der Waals surface area contributed by atoms with Gasteiger partial charge in [0.05, 0.1) is 12.7 Å². The van der Waals surface area contributed by atoms with Gasteiger partial charge >= 0.3 is 0 Å². The van der Waals surface area contributed by atoms with Crippen LogP contribution in [-0.4, -0.2) is 32.2 Å². The van der Waals surface area contributed by atoms with Gasteiger partial charge in [-0.15, -0.1) is 6.58 Å². The van der Waals surface area contributed by atoms with E-state index in [0.29, 0.717) is 6.61 Å². The van der Waals surface area contributed by atoms with Gasteiger partial charge in [-0.05, 0) is 32.6 Å². The third-order valence-electron chi connectivity index (χ3n) is 2.43. The second-order valence-electron chi connectivity index (χ2n) is 3.90. The van der Waals surface area contributed by atoms with E-state index in [4.69, 9.17) is 14.2 Å². The fourth-order valence-electron chi connectivity index (χ4n) is 1.56. The van der Waals surface area contributed by atoms with E-state index in [1.165, 1.54) is 6.42 Å². The predicted molar refractivity (Wildman–Crippen MR) is 59.8 cm³/mol. The Morgan fingerprint density at radius 1 is 1.53 bits per heavy atom. The summed E-state index contributed by atoms with van der Waals surface area (Å²) in [4.78, 5) is 0. The molecule has 3 nitrogen and oxygen atoms in total. The van der Waals surface area contributed by atoms with Crippen molar-refractivity contribution in [2.45, 2.75) is 45.0 Å². The SMILES string of the molecule is C=CCOCC[C@@H](C)OC1CCCCO1. The number of rotatable bonds is 7. The normalized spacial score (nSPS) is 23.7. The Bertz CT molecular complexity index is 164. The minimum absolute atomic E-state index is 0.00755. The van der Waals surface area contributed by atoms with Crippen LogP contribution in [0.25, 0.3) is 0 Å². The van der Waals surface area contributed by atoms with E-state index in [-0.39, 0.29) is 12.4 Å². The van der Waals surface area contributed by atoms with Crippen LogP contribution in [0, 0.1) is 0 Å². The Kier molecular flexibility index (Phi) is 6.64. The highest BCUT2D eigenvalue weighted by Gasteiger charge is 2.16. The first-order chi connectivity index (χ1) is 7.33. The fourth-order valence-corrected chi connectivity index (χ4v) is 1.56. The van der Waals surface area contributed by atoms with Crippen molar-refractivity contribution < 1.29 is 14.2 Å². The lowest BCUT2D eigenvalue weighted by Crippen LogP contribution is -2.27. The number of hydrogen-bond acceptors (Lipinski definition) is 3. The highest BCUT2D eigenvalue weighted by atomic mass is 16.7. The predicted octanol–water partition coefficient (Wildman–Crippen LogP) is 2.51. The zero-order chi connectivity index (χ0) is 10.9. The minimum Gasteiger partial charge on any atom is -0.377 e. The maximum Gasteiger partial charge on any atom is 0.157 e. The molecule has 0 bridgehead atoms. The van der Waals surface area contributed by atoms with Crippen molar-refractivity contribution in [1.82, 2.24) is 0 Å². The molecule has 1 aliphatic heterocycles. The summed E-state index contributed by atoms with van der Waals surface area (Å²) in [6.07, 6.45) is 6.29. The standard InChI is InChI=1S/C12H22O3/c1-3-8-13-10-7-11(2)15-12-6-4-5-9-14-12/h3,11-12H,1,4-10H2,2H3/t11-,12?/m1/s1. The average molecular weight is 214 g/mol. The molecule has 1 unspecified atom stereocenters. The first kappa shape index (κ1) is 12.7. The van der Waals surface area contributed by atoms with Crippen molar-refractivity contribution in [3.8, 4) is 0 Å². The van der Waals surface area contributed by atoms with Crippen LogP contribution in [0.2, 0.25) is 0 Å². The minimum atomic E-state index is 0.00755. The monoisotopic (exact) mass is 214 g/mol. The van der Waals surface area contributed by atoms with Gasteiger partial charge in [0.2, 0.25) is 0 Å². The van der Waals surface area contributed by atoms with E-state index >= 15 is 0 Å². The van der Waals surface area contributed by atoms with Gasteiger partial charge in [-0.1, -0.05) is 6.08 Å². The molecule has 0 saturated carbocycles. The Morgan fingerprint density at radius 2 is 2.40 bits per heavy atom. The molecule has 0 aromatic rings. The van der Waals surface area contributed by atoms with Gasteiger partial charge < -0.3 is 14.2 Å². The highest BCUT2D eigenvalue weighted by molar-refractivity contribution is 4.64. The molecule has 0 aromatic heterocycles. The molecule has 0 spiro atoms.